The van der Waals surface area contributed by atoms with Crippen LogP contribution < -0.4 is 11.1 Å². The fourth-order valence-corrected chi connectivity index (χ4v) is 3.74. The van der Waals surface area contributed by atoms with Crippen molar-refractivity contribution < 1.29 is 9.53 Å². The van der Waals surface area contributed by atoms with E-state index in [4.69, 9.17) is 15.9 Å². The van der Waals surface area contributed by atoms with Gasteiger partial charge in [-0.15, -0.1) is 0 Å². The number of hydrogen-bond acceptors (Lipinski definition) is 6. The lowest BCUT2D eigenvalue weighted by atomic mass is 9.99. The number of rotatable bonds is 7. The second kappa shape index (κ2) is 10.7. The van der Waals surface area contributed by atoms with Gasteiger partial charge in [0.1, 0.15) is 0 Å². The summed E-state index contributed by atoms with van der Waals surface area (Å²) in [5.74, 6) is -0.218. The van der Waals surface area contributed by atoms with E-state index in [2.05, 4.69) is 15.2 Å². The summed E-state index contributed by atoms with van der Waals surface area (Å²) in [5.41, 5.74) is 11.8. The summed E-state index contributed by atoms with van der Waals surface area (Å²) >= 11 is 0. The first-order valence-corrected chi connectivity index (χ1v) is 10.8. The van der Waals surface area contributed by atoms with Crippen LogP contribution in [0.1, 0.15) is 16.7 Å². The molecule has 4 rings (SSSR count). The molecule has 2 heterocycles. The van der Waals surface area contributed by atoms with Gasteiger partial charge in [-0.3, -0.25) is 14.7 Å². The lowest BCUT2D eigenvalue weighted by molar-refractivity contribution is -0.111. The van der Waals surface area contributed by atoms with E-state index >= 15 is 0 Å². The van der Waals surface area contributed by atoms with Gasteiger partial charge in [0.05, 0.1) is 13.2 Å². The average Bonchev–Trinajstić information content (AvgIpc) is 2.85. The van der Waals surface area contributed by atoms with Crippen LogP contribution in [0.5, 0.6) is 0 Å². The maximum absolute atomic E-state index is 12.5. The minimum absolute atomic E-state index is 0.218. The molecule has 0 saturated carbocycles. The van der Waals surface area contributed by atoms with E-state index in [9.17, 15) is 4.79 Å². The smallest absolute Gasteiger partial charge is 0.248 e. The molecule has 0 aliphatic carbocycles. The number of anilines is 2. The number of aromatic nitrogens is 1. The van der Waals surface area contributed by atoms with Crippen molar-refractivity contribution in [1.82, 2.24) is 9.88 Å². The number of carbonyl (C=O) groups is 1. The molecule has 4 N–H and O–H groups in total. The van der Waals surface area contributed by atoms with Crippen LogP contribution in [-0.4, -0.2) is 48.3 Å². The zero-order valence-corrected chi connectivity index (χ0v) is 18.3. The molecule has 0 radical (unpaired) electrons. The summed E-state index contributed by atoms with van der Waals surface area (Å²) < 4.78 is 5.39. The van der Waals surface area contributed by atoms with E-state index in [1.807, 2.05) is 42.5 Å². The number of benzene rings is 2. The number of amides is 1. The molecule has 0 unspecified atom stereocenters. The highest BCUT2D eigenvalue weighted by Gasteiger charge is 2.11. The van der Waals surface area contributed by atoms with Crippen LogP contribution in [-0.2, 0) is 16.1 Å². The third-order valence-electron chi connectivity index (χ3n) is 5.55. The Labute approximate surface area is 193 Å². The van der Waals surface area contributed by atoms with Crippen LogP contribution in [0.3, 0.4) is 0 Å². The SMILES string of the molecule is N=Cc1ccc(-c2ccncc2/C=C/C(=O)Nc2ccc(CN3CCOCC3)cc2)cc1N. The normalized spacial score (nSPS) is 14.3. The van der Waals surface area contributed by atoms with Crippen molar-refractivity contribution in [2.45, 2.75) is 6.54 Å². The predicted octanol–water partition coefficient (Wildman–Crippen LogP) is 3.81. The van der Waals surface area contributed by atoms with Gasteiger partial charge in [-0.2, -0.15) is 0 Å². The van der Waals surface area contributed by atoms with Gasteiger partial charge in [-0.1, -0.05) is 24.3 Å². The zero-order chi connectivity index (χ0) is 23.0. The molecule has 1 saturated heterocycles. The maximum atomic E-state index is 12.5. The molecule has 7 heteroatoms. The number of nitrogens with one attached hydrogen (secondary N) is 2. The van der Waals surface area contributed by atoms with Crippen molar-refractivity contribution >= 4 is 29.6 Å². The van der Waals surface area contributed by atoms with E-state index in [0.717, 1.165) is 55.2 Å². The number of ether oxygens (including phenoxy) is 1. The maximum Gasteiger partial charge on any atom is 0.248 e. The van der Waals surface area contributed by atoms with Gasteiger partial charge >= 0.3 is 0 Å². The van der Waals surface area contributed by atoms with Crippen molar-refractivity contribution in [3.05, 3.63) is 83.7 Å². The predicted molar refractivity (Wildman–Crippen MR) is 132 cm³/mol. The molecule has 1 amide bonds. The lowest BCUT2D eigenvalue weighted by Crippen LogP contribution is -2.35. The van der Waals surface area contributed by atoms with Crippen molar-refractivity contribution in [2.75, 3.05) is 37.4 Å². The third-order valence-corrected chi connectivity index (χ3v) is 5.55. The first-order valence-electron chi connectivity index (χ1n) is 10.8. The highest BCUT2D eigenvalue weighted by Crippen LogP contribution is 2.27. The van der Waals surface area contributed by atoms with Crippen LogP contribution in [0.2, 0.25) is 0 Å². The number of morpholine rings is 1. The highest BCUT2D eigenvalue weighted by molar-refractivity contribution is 6.02. The van der Waals surface area contributed by atoms with Gasteiger partial charge in [-0.25, -0.2) is 0 Å². The number of pyridine rings is 1. The standard InChI is InChI=1S/C26H27N5O2/c27-16-21-4-3-20(15-25(21)28)24-9-10-29-17-22(24)5-8-26(32)30-23-6-1-19(2-7-23)18-31-11-13-33-14-12-31/h1-10,15-17,27H,11-14,18,28H2,(H,30,32)/b8-5+,27-16?. The van der Waals surface area contributed by atoms with Crippen LogP contribution in [0.25, 0.3) is 17.2 Å². The number of nitrogen functional groups attached to an aromatic ring is 1. The molecule has 2 aromatic carbocycles. The van der Waals surface area contributed by atoms with Crippen LogP contribution in [0.15, 0.2) is 67.0 Å². The Kier molecular flexibility index (Phi) is 7.24. The van der Waals surface area contributed by atoms with Gasteiger partial charge in [0.25, 0.3) is 0 Å². The Morgan fingerprint density at radius 3 is 2.64 bits per heavy atom. The van der Waals surface area contributed by atoms with Crippen molar-refractivity contribution in [3.8, 4) is 11.1 Å². The minimum atomic E-state index is -0.218. The summed E-state index contributed by atoms with van der Waals surface area (Å²) in [6.45, 7) is 4.33. The molecule has 7 nitrogen and oxygen atoms in total. The fraction of sp³-hybridized carbons (Fsp3) is 0.192. The fourth-order valence-electron chi connectivity index (χ4n) is 3.74. The molecule has 168 valence electrons. The molecule has 33 heavy (non-hydrogen) atoms. The molecule has 1 aliphatic rings. The molecule has 1 aromatic heterocycles. The molecular formula is C26H27N5O2. The summed E-state index contributed by atoms with van der Waals surface area (Å²) in [7, 11) is 0. The summed E-state index contributed by atoms with van der Waals surface area (Å²) in [5, 5.41) is 10.3. The summed E-state index contributed by atoms with van der Waals surface area (Å²) in [6, 6.07) is 15.3. The number of nitrogens with two attached hydrogens (primary N) is 1. The minimum Gasteiger partial charge on any atom is -0.398 e. The van der Waals surface area contributed by atoms with Crippen molar-refractivity contribution in [3.63, 3.8) is 0 Å². The zero-order valence-electron chi connectivity index (χ0n) is 18.3. The lowest BCUT2D eigenvalue weighted by Gasteiger charge is -2.26. The molecule has 0 atom stereocenters. The Bertz CT molecular complexity index is 1150. The molecular weight excluding hydrogens is 414 g/mol. The Hall–Kier alpha value is -3.81. The second-order valence-electron chi connectivity index (χ2n) is 7.86. The molecule has 1 aliphatic heterocycles. The molecule has 0 bridgehead atoms. The van der Waals surface area contributed by atoms with Gasteiger partial charge in [0.15, 0.2) is 0 Å². The molecule has 1 fully saturated rings. The Morgan fingerprint density at radius 1 is 1.12 bits per heavy atom. The largest absolute Gasteiger partial charge is 0.398 e. The van der Waals surface area contributed by atoms with Gasteiger partial charge < -0.3 is 21.2 Å². The van der Waals surface area contributed by atoms with Gasteiger partial charge in [0.2, 0.25) is 5.91 Å². The van der Waals surface area contributed by atoms with E-state index < -0.39 is 0 Å². The highest BCUT2D eigenvalue weighted by atomic mass is 16.5. The topological polar surface area (TPSA) is 104 Å². The quantitative estimate of drug-likeness (QED) is 0.294. The number of nitrogens with zero attached hydrogens (tertiary/aromatic N) is 2. The third kappa shape index (κ3) is 5.91. The molecule has 0 spiro atoms. The first-order chi connectivity index (χ1) is 16.1. The first kappa shape index (κ1) is 22.4. The van der Waals surface area contributed by atoms with E-state index in [1.54, 1.807) is 24.5 Å². The van der Waals surface area contributed by atoms with Crippen LogP contribution in [0, 0.1) is 5.41 Å². The second-order valence-corrected chi connectivity index (χ2v) is 7.86. The van der Waals surface area contributed by atoms with E-state index in [-0.39, 0.29) is 5.91 Å². The Balaban J connectivity index is 1.41. The Morgan fingerprint density at radius 2 is 1.91 bits per heavy atom. The van der Waals surface area contributed by atoms with Gasteiger partial charge in [-0.05, 0) is 47.0 Å². The van der Waals surface area contributed by atoms with Crippen molar-refractivity contribution in [1.29, 1.82) is 5.41 Å². The van der Waals surface area contributed by atoms with E-state index in [1.165, 1.54) is 17.9 Å². The van der Waals surface area contributed by atoms with Gasteiger partial charge in [0, 0.05) is 66.8 Å². The van der Waals surface area contributed by atoms with Crippen LogP contribution in [0.4, 0.5) is 11.4 Å². The molecule has 3 aromatic rings. The number of hydrogen-bond donors (Lipinski definition) is 3. The van der Waals surface area contributed by atoms with Crippen molar-refractivity contribution in [2.24, 2.45) is 0 Å². The van der Waals surface area contributed by atoms with E-state index in [0.29, 0.717) is 11.3 Å². The average molecular weight is 442 g/mol. The monoisotopic (exact) mass is 441 g/mol. The number of carbonyl (C=O) groups excluding carboxylic acids is 1. The van der Waals surface area contributed by atoms with Crippen LogP contribution >= 0.6 is 0 Å². The summed E-state index contributed by atoms with van der Waals surface area (Å²) in [4.78, 5) is 19.0. The summed E-state index contributed by atoms with van der Waals surface area (Å²) in [6.07, 6.45) is 7.88.